The molecule has 0 aliphatic heterocycles. The van der Waals surface area contributed by atoms with Gasteiger partial charge in [-0.3, -0.25) is 19.7 Å². The zero-order valence-corrected chi connectivity index (χ0v) is 19.6. The maximum absolute atomic E-state index is 12.6. The molecule has 1 aromatic heterocycles. The van der Waals surface area contributed by atoms with Crippen LogP contribution in [0.1, 0.15) is 5.56 Å². The second kappa shape index (κ2) is 10.4. The number of aromatic amines is 1. The number of H-pyrrole nitrogens is 1. The molecule has 0 fully saturated rings. The van der Waals surface area contributed by atoms with Gasteiger partial charge in [0, 0.05) is 22.3 Å². The average molecular weight is 528 g/mol. The Morgan fingerprint density at radius 3 is 2.58 bits per heavy atom. The predicted octanol–water partition coefficient (Wildman–Crippen LogP) is 3.80. The molecular formula is C23H15Cl2N5O6. The van der Waals surface area contributed by atoms with Crippen LogP contribution in [0.3, 0.4) is 0 Å². The second-order valence-corrected chi connectivity index (χ2v) is 8.13. The number of hydrogen-bond donors (Lipinski definition) is 2. The summed E-state index contributed by atoms with van der Waals surface area (Å²) in [6.07, 6.45) is 1.07. The summed E-state index contributed by atoms with van der Waals surface area (Å²) in [6, 6.07) is 15.1. The van der Waals surface area contributed by atoms with Gasteiger partial charge in [0.2, 0.25) is 5.75 Å². The van der Waals surface area contributed by atoms with Crippen molar-refractivity contribution in [2.24, 2.45) is 5.10 Å². The summed E-state index contributed by atoms with van der Waals surface area (Å²) in [7, 11) is 0. The highest BCUT2D eigenvalue weighted by Gasteiger charge is 2.21. The van der Waals surface area contributed by atoms with Gasteiger partial charge in [0.15, 0.2) is 6.61 Å². The number of nitro benzene ring substituents is 1. The number of nitrogens with zero attached hydrogens (tertiary/aromatic N) is 3. The molecule has 0 bridgehead atoms. The topological polar surface area (TPSA) is 149 Å². The predicted molar refractivity (Wildman–Crippen MR) is 136 cm³/mol. The number of carbonyl (C=O) groups excluding carboxylic acids is 1. The van der Waals surface area contributed by atoms with Gasteiger partial charge in [-0.1, -0.05) is 35.3 Å². The molecule has 0 aliphatic rings. The van der Waals surface area contributed by atoms with Crippen LogP contribution in [0.15, 0.2) is 75.4 Å². The molecule has 0 spiro atoms. The summed E-state index contributed by atoms with van der Waals surface area (Å²) in [5, 5.41) is 18.6. The van der Waals surface area contributed by atoms with E-state index < -0.39 is 34.4 Å². The Morgan fingerprint density at radius 1 is 1.14 bits per heavy atom. The quantitative estimate of drug-likeness (QED) is 0.212. The lowest BCUT2D eigenvalue weighted by Gasteiger charge is -2.10. The van der Waals surface area contributed by atoms with Gasteiger partial charge in [0.1, 0.15) is 0 Å². The van der Waals surface area contributed by atoms with E-state index in [1.807, 2.05) is 0 Å². The fraction of sp³-hybridized carbons (Fsp3) is 0.0435. The van der Waals surface area contributed by atoms with Gasteiger partial charge in [-0.05, 0) is 42.5 Å². The summed E-state index contributed by atoms with van der Waals surface area (Å²) in [6.45, 7) is -0.557. The van der Waals surface area contributed by atoms with Gasteiger partial charge in [-0.2, -0.15) is 5.10 Å². The maximum Gasteiger partial charge on any atom is 0.349 e. The highest BCUT2D eigenvalue weighted by molar-refractivity contribution is 6.32. The fourth-order valence-corrected chi connectivity index (χ4v) is 3.61. The SMILES string of the molecule is O=C(COc1c(Cl)cc(C=Nn2c(=O)[nH]c3ccccc3c2=O)cc1[N+](=O)[O-])Nc1ccc(Cl)cc1. The van der Waals surface area contributed by atoms with Crippen molar-refractivity contribution < 1.29 is 14.5 Å². The number of ether oxygens (including phenoxy) is 1. The van der Waals surface area contributed by atoms with Gasteiger partial charge >= 0.3 is 11.4 Å². The van der Waals surface area contributed by atoms with Crippen molar-refractivity contribution in [2.75, 3.05) is 11.9 Å². The van der Waals surface area contributed by atoms with Crippen LogP contribution in [0.25, 0.3) is 10.9 Å². The Kier molecular flexibility index (Phi) is 7.13. The zero-order chi connectivity index (χ0) is 25.8. The monoisotopic (exact) mass is 527 g/mol. The number of para-hydroxylation sites is 1. The van der Waals surface area contributed by atoms with E-state index in [0.717, 1.165) is 12.3 Å². The maximum atomic E-state index is 12.6. The number of fused-ring (bicyclic) bond motifs is 1. The lowest BCUT2D eigenvalue weighted by atomic mass is 10.2. The standard InChI is InChI=1S/C23H15Cl2N5O6/c24-14-5-7-15(8-6-14)27-20(31)12-36-21-17(25)9-13(10-19(21)30(34)35)11-26-29-22(32)16-3-1-2-4-18(16)28-23(29)33/h1-11H,12H2,(H,27,31)(H,28,33). The minimum atomic E-state index is -0.790. The lowest BCUT2D eigenvalue weighted by molar-refractivity contribution is -0.385. The molecule has 11 nitrogen and oxygen atoms in total. The number of rotatable bonds is 7. The third kappa shape index (κ3) is 5.43. The van der Waals surface area contributed by atoms with Crippen LogP contribution in [0, 0.1) is 10.1 Å². The van der Waals surface area contributed by atoms with Crippen LogP contribution < -0.4 is 21.3 Å². The first-order valence-corrected chi connectivity index (χ1v) is 10.9. The van der Waals surface area contributed by atoms with E-state index in [4.69, 9.17) is 27.9 Å². The number of anilines is 1. The first-order chi connectivity index (χ1) is 17.2. The fourth-order valence-electron chi connectivity index (χ4n) is 3.20. The summed E-state index contributed by atoms with van der Waals surface area (Å²) in [5.41, 5.74) is -1.08. The van der Waals surface area contributed by atoms with Crippen LogP contribution >= 0.6 is 23.2 Å². The normalized spacial score (nSPS) is 11.1. The minimum absolute atomic E-state index is 0.115. The van der Waals surface area contributed by atoms with E-state index in [1.54, 1.807) is 42.5 Å². The van der Waals surface area contributed by atoms with Crippen molar-refractivity contribution in [1.82, 2.24) is 9.66 Å². The smallest absolute Gasteiger partial charge is 0.349 e. The molecule has 4 aromatic rings. The van der Waals surface area contributed by atoms with Gasteiger partial charge < -0.3 is 15.0 Å². The molecule has 13 heteroatoms. The third-order valence-electron chi connectivity index (χ3n) is 4.82. The molecular weight excluding hydrogens is 513 g/mol. The molecule has 0 saturated heterocycles. The van der Waals surface area contributed by atoms with Gasteiger partial charge in [0.25, 0.3) is 11.5 Å². The Hall–Kier alpha value is -4.48. The molecule has 0 unspecified atom stereocenters. The molecule has 1 amide bonds. The number of aromatic nitrogens is 2. The van der Waals surface area contributed by atoms with Crippen molar-refractivity contribution in [3.05, 3.63) is 107 Å². The summed E-state index contributed by atoms with van der Waals surface area (Å²) >= 11 is 12.0. The van der Waals surface area contributed by atoms with E-state index in [1.165, 1.54) is 12.1 Å². The molecule has 36 heavy (non-hydrogen) atoms. The molecule has 2 N–H and O–H groups in total. The van der Waals surface area contributed by atoms with Gasteiger partial charge in [0.05, 0.1) is 27.1 Å². The van der Waals surface area contributed by atoms with E-state index in [2.05, 4.69) is 15.4 Å². The molecule has 0 saturated carbocycles. The van der Waals surface area contributed by atoms with Crippen molar-refractivity contribution in [2.45, 2.75) is 0 Å². The summed E-state index contributed by atoms with van der Waals surface area (Å²) in [4.78, 5) is 50.4. The number of nitrogens with one attached hydrogen (secondary N) is 2. The van der Waals surface area contributed by atoms with Gasteiger partial charge in [-0.25, -0.2) is 4.79 Å². The Labute approximate surface area is 211 Å². The average Bonchev–Trinajstić information content (AvgIpc) is 2.84. The van der Waals surface area contributed by atoms with Crippen LogP contribution in [0.5, 0.6) is 5.75 Å². The van der Waals surface area contributed by atoms with Crippen LogP contribution in [-0.2, 0) is 4.79 Å². The number of amides is 1. The summed E-state index contributed by atoms with van der Waals surface area (Å²) in [5.74, 6) is -0.908. The second-order valence-electron chi connectivity index (χ2n) is 7.29. The zero-order valence-electron chi connectivity index (χ0n) is 18.1. The number of hydrogen-bond acceptors (Lipinski definition) is 7. The molecule has 0 radical (unpaired) electrons. The first kappa shape index (κ1) is 24.6. The molecule has 1 heterocycles. The van der Waals surface area contributed by atoms with Crippen molar-refractivity contribution >= 4 is 57.6 Å². The Bertz CT molecular complexity index is 1630. The first-order valence-electron chi connectivity index (χ1n) is 10.2. The van der Waals surface area contributed by atoms with E-state index in [9.17, 15) is 24.5 Å². The minimum Gasteiger partial charge on any atom is -0.476 e. The van der Waals surface area contributed by atoms with Crippen LogP contribution in [-0.4, -0.2) is 33.3 Å². The number of nitro groups is 1. The highest BCUT2D eigenvalue weighted by Crippen LogP contribution is 2.35. The van der Waals surface area contributed by atoms with Crippen molar-refractivity contribution in [3.8, 4) is 5.75 Å². The highest BCUT2D eigenvalue weighted by atomic mass is 35.5. The largest absolute Gasteiger partial charge is 0.476 e. The third-order valence-corrected chi connectivity index (χ3v) is 5.36. The van der Waals surface area contributed by atoms with E-state index in [0.29, 0.717) is 20.9 Å². The Morgan fingerprint density at radius 2 is 1.86 bits per heavy atom. The Balaban J connectivity index is 1.57. The number of carbonyl (C=O) groups is 1. The van der Waals surface area contributed by atoms with Crippen LogP contribution in [0.4, 0.5) is 11.4 Å². The summed E-state index contributed by atoms with van der Waals surface area (Å²) < 4.78 is 5.92. The van der Waals surface area contributed by atoms with Crippen molar-refractivity contribution in [1.29, 1.82) is 0 Å². The van der Waals surface area contributed by atoms with E-state index in [-0.39, 0.29) is 21.7 Å². The number of halogens is 2. The lowest BCUT2D eigenvalue weighted by Crippen LogP contribution is -2.32. The molecule has 182 valence electrons. The van der Waals surface area contributed by atoms with E-state index >= 15 is 0 Å². The molecule has 0 atom stereocenters. The number of benzene rings is 3. The molecule has 0 aliphatic carbocycles. The van der Waals surface area contributed by atoms with Gasteiger partial charge in [-0.15, -0.1) is 4.68 Å². The molecule has 3 aromatic carbocycles. The van der Waals surface area contributed by atoms with Crippen LogP contribution in [0.2, 0.25) is 10.0 Å². The van der Waals surface area contributed by atoms with Crippen molar-refractivity contribution in [3.63, 3.8) is 0 Å². The molecule has 4 rings (SSSR count).